The van der Waals surface area contributed by atoms with Crippen LogP contribution in [-0.4, -0.2) is 95.0 Å². The monoisotopic (exact) mass is 554 g/mol. The Labute approximate surface area is 230 Å². The van der Waals surface area contributed by atoms with E-state index in [1.54, 1.807) is 24.4 Å². The van der Waals surface area contributed by atoms with Crippen LogP contribution in [0.1, 0.15) is 18.7 Å². The number of benzene rings is 1. The standard InChI is InChI=1S/C26H32F2N10O2/c1-36(2)11-5-10-29-20-9-8-17(16-30-20)31-24-33-25(37-12-14-40-15-13-37)35-26(34-24)38-18-6-4-7-19(39-3)21(18)32-23(38)22(27)28/h4,6-9,16,22H,5,10-15H2,1-3H3,(H,29,30)(H,31,33,34,35). The molecule has 14 heteroatoms. The summed E-state index contributed by atoms with van der Waals surface area (Å²) in [5, 5.41) is 6.45. The zero-order valence-electron chi connectivity index (χ0n) is 22.6. The fraction of sp³-hybridized carbons (Fsp3) is 0.423. The van der Waals surface area contributed by atoms with Crippen LogP contribution >= 0.6 is 0 Å². The summed E-state index contributed by atoms with van der Waals surface area (Å²) in [6.07, 6.45) is -0.227. The summed E-state index contributed by atoms with van der Waals surface area (Å²) in [5.74, 6) is 1.17. The van der Waals surface area contributed by atoms with Crippen LogP contribution in [0, 0.1) is 0 Å². The molecule has 0 aliphatic carbocycles. The number of methoxy groups -OCH3 is 1. The quantitative estimate of drug-likeness (QED) is 0.265. The number of aromatic nitrogens is 6. The summed E-state index contributed by atoms with van der Waals surface area (Å²) < 4.78 is 40.5. The Balaban J connectivity index is 1.49. The third-order valence-corrected chi connectivity index (χ3v) is 6.30. The first-order valence-corrected chi connectivity index (χ1v) is 13.0. The van der Waals surface area contributed by atoms with Crippen molar-refractivity contribution in [1.82, 2.24) is 34.4 Å². The average Bonchev–Trinajstić information content (AvgIpc) is 3.37. The minimum absolute atomic E-state index is 0.0113. The Morgan fingerprint density at radius 2 is 1.85 bits per heavy atom. The van der Waals surface area contributed by atoms with Gasteiger partial charge in [-0.2, -0.15) is 15.0 Å². The fourth-order valence-corrected chi connectivity index (χ4v) is 4.34. The van der Waals surface area contributed by atoms with Gasteiger partial charge >= 0.3 is 0 Å². The molecule has 212 valence electrons. The molecule has 0 saturated carbocycles. The van der Waals surface area contributed by atoms with Gasteiger partial charge in [0.25, 0.3) is 6.43 Å². The van der Waals surface area contributed by atoms with Gasteiger partial charge in [0.1, 0.15) is 17.1 Å². The van der Waals surface area contributed by atoms with Gasteiger partial charge in [0.15, 0.2) is 5.82 Å². The Morgan fingerprint density at radius 3 is 2.55 bits per heavy atom. The van der Waals surface area contributed by atoms with Gasteiger partial charge in [-0.1, -0.05) is 6.07 Å². The van der Waals surface area contributed by atoms with Crippen molar-refractivity contribution in [1.29, 1.82) is 0 Å². The predicted molar refractivity (Wildman–Crippen MR) is 148 cm³/mol. The molecule has 12 nitrogen and oxygen atoms in total. The molecule has 5 rings (SSSR count). The number of nitrogens with zero attached hydrogens (tertiary/aromatic N) is 8. The number of imidazole rings is 1. The second kappa shape index (κ2) is 12.3. The molecular formula is C26H32F2N10O2. The maximum atomic E-state index is 14.2. The lowest BCUT2D eigenvalue weighted by atomic mass is 10.3. The molecule has 0 unspecified atom stereocenters. The number of anilines is 4. The van der Waals surface area contributed by atoms with Crippen LogP contribution in [0.2, 0.25) is 0 Å². The van der Waals surface area contributed by atoms with Crippen molar-refractivity contribution >= 4 is 34.4 Å². The van der Waals surface area contributed by atoms with E-state index < -0.39 is 12.2 Å². The number of nitrogens with one attached hydrogen (secondary N) is 2. The van der Waals surface area contributed by atoms with Gasteiger partial charge in [-0.05, 0) is 51.3 Å². The molecule has 1 fully saturated rings. The van der Waals surface area contributed by atoms with Crippen molar-refractivity contribution in [3.8, 4) is 11.7 Å². The number of pyridine rings is 1. The van der Waals surface area contributed by atoms with Gasteiger partial charge in [-0.15, -0.1) is 0 Å². The van der Waals surface area contributed by atoms with Crippen molar-refractivity contribution in [2.75, 3.05) is 76.1 Å². The van der Waals surface area contributed by atoms with Crippen LogP contribution in [0.25, 0.3) is 17.0 Å². The zero-order chi connectivity index (χ0) is 28.1. The van der Waals surface area contributed by atoms with E-state index in [2.05, 4.69) is 40.5 Å². The van der Waals surface area contributed by atoms with Crippen LogP contribution in [-0.2, 0) is 4.74 Å². The minimum Gasteiger partial charge on any atom is -0.494 e. The van der Waals surface area contributed by atoms with E-state index in [4.69, 9.17) is 9.47 Å². The number of rotatable bonds is 11. The van der Waals surface area contributed by atoms with E-state index in [9.17, 15) is 8.78 Å². The molecule has 1 aliphatic rings. The molecule has 1 aromatic carbocycles. The van der Waals surface area contributed by atoms with E-state index in [-0.39, 0.29) is 11.9 Å². The lowest BCUT2D eigenvalue weighted by Gasteiger charge is -2.27. The highest BCUT2D eigenvalue weighted by atomic mass is 19.3. The van der Waals surface area contributed by atoms with Crippen molar-refractivity contribution in [3.63, 3.8) is 0 Å². The van der Waals surface area contributed by atoms with Gasteiger partial charge in [-0.25, -0.2) is 18.7 Å². The molecule has 2 N–H and O–H groups in total. The summed E-state index contributed by atoms with van der Waals surface area (Å²) >= 11 is 0. The van der Waals surface area contributed by atoms with Crippen LogP contribution in [0.5, 0.6) is 5.75 Å². The summed E-state index contributed by atoms with van der Waals surface area (Å²) in [7, 11) is 5.54. The van der Waals surface area contributed by atoms with Crippen LogP contribution in [0.3, 0.4) is 0 Å². The molecule has 40 heavy (non-hydrogen) atoms. The summed E-state index contributed by atoms with van der Waals surface area (Å²) in [6.45, 7) is 3.89. The van der Waals surface area contributed by atoms with Gasteiger partial charge < -0.3 is 29.9 Å². The largest absolute Gasteiger partial charge is 0.494 e. The topological polar surface area (TPSA) is 118 Å². The molecule has 3 aromatic heterocycles. The number of ether oxygens (including phenoxy) is 2. The maximum absolute atomic E-state index is 14.2. The lowest BCUT2D eigenvalue weighted by molar-refractivity contribution is 0.122. The first-order chi connectivity index (χ1) is 19.4. The number of halogens is 2. The van der Waals surface area contributed by atoms with E-state index in [1.807, 2.05) is 31.1 Å². The van der Waals surface area contributed by atoms with E-state index >= 15 is 0 Å². The molecule has 4 heterocycles. The lowest BCUT2D eigenvalue weighted by Crippen LogP contribution is -2.37. The predicted octanol–water partition coefficient (Wildman–Crippen LogP) is 3.50. The Morgan fingerprint density at radius 1 is 1.05 bits per heavy atom. The summed E-state index contributed by atoms with van der Waals surface area (Å²) in [5.41, 5.74) is 1.32. The normalized spacial score (nSPS) is 13.8. The molecule has 1 aliphatic heterocycles. The van der Waals surface area contributed by atoms with E-state index in [1.165, 1.54) is 11.7 Å². The van der Waals surface area contributed by atoms with Crippen LogP contribution < -0.4 is 20.3 Å². The molecule has 0 amide bonds. The van der Waals surface area contributed by atoms with E-state index in [0.29, 0.717) is 54.7 Å². The number of alkyl halides is 2. The molecule has 0 bridgehead atoms. The minimum atomic E-state index is -2.88. The van der Waals surface area contributed by atoms with Crippen molar-refractivity contribution < 1.29 is 18.3 Å². The second-order valence-corrected chi connectivity index (χ2v) is 9.43. The third-order valence-electron chi connectivity index (χ3n) is 6.30. The number of hydrogen-bond donors (Lipinski definition) is 2. The third kappa shape index (κ3) is 6.18. The summed E-state index contributed by atoms with van der Waals surface area (Å²) in [4.78, 5) is 26.4. The van der Waals surface area contributed by atoms with Crippen LogP contribution in [0.15, 0.2) is 36.5 Å². The Kier molecular flexibility index (Phi) is 8.45. The highest BCUT2D eigenvalue weighted by Gasteiger charge is 2.25. The van der Waals surface area contributed by atoms with E-state index in [0.717, 1.165) is 25.3 Å². The molecule has 4 aromatic rings. The molecule has 1 saturated heterocycles. The maximum Gasteiger partial charge on any atom is 0.296 e. The van der Waals surface area contributed by atoms with Gasteiger partial charge in [-0.3, -0.25) is 4.57 Å². The number of para-hydroxylation sites is 1. The molecular weight excluding hydrogens is 522 g/mol. The zero-order valence-corrected chi connectivity index (χ0v) is 22.6. The van der Waals surface area contributed by atoms with Crippen molar-refractivity contribution in [3.05, 3.63) is 42.4 Å². The average molecular weight is 555 g/mol. The van der Waals surface area contributed by atoms with Crippen molar-refractivity contribution in [2.45, 2.75) is 12.8 Å². The first kappa shape index (κ1) is 27.4. The molecule has 0 radical (unpaired) electrons. The smallest absolute Gasteiger partial charge is 0.296 e. The van der Waals surface area contributed by atoms with Gasteiger partial charge in [0.2, 0.25) is 17.8 Å². The number of fused-ring (bicyclic) bond motifs is 1. The second-order valence-electron chi connectivity index (χ2n) is 9.43. The molecule has 0 spiro atoms. The van der Waals surface area contributed by atoms with Gasteiger partial charge in [0.05, 0.1) is 37.7 Å². The Hall–Kier alpha value is -4.17. The van der Waals surface area contributed by atoms with Gasteiger partial charge in [0, 0.05) is 19.6 Å². The highest BCUT2D eigenvalue weighted by molar-refractivity contribution is 5.84. The number of morpholine rings is 1. The molecule has 0 atom stereocenters. The Bertz CT molecular complexity index is 1430. The number of hydrogen-bond acceptors (Lipinski definition) is 11. The highest BCUT2D eigenvalue weighted by Crippen LogP contribution is 2.32. The van der Waals surface area contributed by atoms with Crippen LogP contribution in [0.4, 0.5) is 32.2 Å². The summed E-state index contributed by atoms with van der Waals surface area (Å²) in [6, 6.07) is 8.76. The fourth-order valence-electron chi connectivity index (χ4n) is 4.34. The SMILES string of the molecule is COc1cccc2c1nc(C(F)F)n2-c1nc(Nc2ccc(NCCCN(C)C)nc2)nc(N2CCOCC2)n1. The van der Waals surface area contributed by atoms with Crippen molar-refractivity contribution in [2.24, 2.45) is 0 Å². The first-order valence-electron chi connectivity index (χ1n) is 13.0.